The first-order valence-electron chi connectivity index (χ1n) is 9.77. The van der Waals surface area contributed by atoms with Crippen LogP contribution in [0.2, 0.25) is 0 Å². The Morgan fingerprint density at radius 3 is 2.60 bits per heavy atom. The van der Waals surface area contributed by atoms with Crippen LogP contribution in [0.5, 0.6) is 0 Å². The second-order valence-electron chi connectivity index (χ2n) is 7.07. The van der Waals surface area contributed by atoms with Crippen molar-refractivity contribution in [2.75, 3.05) is 31.6 Å². The Kier molecular flexibility index (Phi) is 5.91. The average molecular weight is 426 g/mol. The third-order valence-corrected chi connectivity index (χ3v) is 6.40. The minimum atomic E-state index is -0.554. The summed E-state index contributed by atoms with van der Waals surface area (Å²) in [7, 11) is 0. The Morgan fingerprint density at radius 1 is 1.20 bits per heavy atom. The molecule has 1 aromatic carbocycles. The van der Waals surface area contributed by atoms with Gasteiger partial charge in [-0.2, -0.15) is 5.10 Å². The zero-order valence-electron chi connectivity index (χ0n) is 16.9. The highest BCUT2D eigenvalue weighted by Crippen LogP contribution is 2.40. The Bertz CT molecular complexity index is 1030. The molecule has 3 heterocycles. The van der Waals surface area contributed by atoms with Gasteiger partial charge in [-0.3, -0.25) is 9.59 Å². The lowest BCUT2D eigenvalue weighted by molar-refractivity contribution is -0.119. The first-order chi connectivity index (χ1) is 14.6. The van der Waals surface area contributed by atoms with Gasteiger partial charge >= 0.3 is 0 Å². The van der Waals surface area contributed by atoms with Crippen LogP contribution in [0, 0.1) is 6.92 Å². The molecule has 4 rings (SSSR count). The maximum absolute atomic E-state index is 13.4. The van der Waals surface area contributed by atoms with E-state index < -0.39 is 6.04 Å². The summed E-state index contributed by atoms with van der Waals surface area (Å²) < 4.78 is 6.86. The van der Waals surface area contributed by atoms with Crippen molar-refractivity contribution in [1.29, 1.82) is 0 Å². The van der Waals surface area contributed by atoms with E-state index in [9.17, 15) is 9.59 Å². The van der Waals surface area contributed by atoms with Crippen LogP contribution >= 0.6 is 11.3 Å². The summed E-state index contributed by atoms with van der Waals surface area (Å²) in [5, 5.41) is 7.56. The summed E-state index contributed by atoms with van der Waals surface area (Å²) >= 11 is 1.42. The minimum Gasteiger partial charge on any atom is -0.378 e. The standard InChI is InChI=1S/C21H23N5O3S/c1-14-17(21(28)25-8-10-29-11-9-25)20(30-18(14)16-6-4-3-5-7-16)24-19(27)15(2)26-13-22-12-23-26/h3-7,12-13,15H,8-11H2,1-2H3,(H,24,27). The van der Waals surface area contributed by atoms with Crippen LogP contribution in [-0.2, 0) is 9.53 Å². The number of ether oxygens (including phenoxy) is 1. The van der Waals surface area contributed by atoms with Gasteiger partial charge in [-0.05, 0) is 25.0 Å². The van der Waals surface area contributed by atoms with Gasteiger partial charge < -0.3 is 15.0 Å². The highest BCUT2D eigenvalue weighted by atomic mass is 32.1. The molecule has 0 bridgehead atoms. The summed E-state index contributed by atoms with van der Waals surface area (Å²) in [4.78, 5) is 32.9. The Balaban J connectivity index is 1.70. The summed E-state index contributed by atoms with van der Waals surface area (Å²) in [6.45, 7) is 5.79. The molecule has 0 saturated carbocycles. The molecule has 8 nitrogen and oxygen atoms in total. The topological polar surface area (TPSA) is 89.3 Å². The molecular formula is C21H23N5O3S. The fourth-order valence-corrected chi connectivity index (χ4v) is 4.61. The highest BCUT2D eigenvalue weighted by Gasteiger charge is 2.29. The van der Waals surface area contributed by atoms with E-state index in [4.69, 9.17) is 4.74 Å². The van der Waals surface area contributed by atoms with E-state index in [0.717, 1.165) is 16.0 Å². The van der Waals surface area contributed by atoms with Crippen molar-refractivity contribution in [3.8, 4) is 10.4 Å². The number of aromatic nitrogens is 3. The number of hydrogen-bond acceptors (Lipinski definition) is 6. The molecule has 0 spiro atoms. The Hall–Kier alpha value is -3.04. The van der Waals surface area contributed by atoms with Gasteiger partial charge in [0.15, 0.2) is 0 Å². The van der Waals surface area contributed by atoms with Gasteiger partial charge in [0.25, 0.3) is 5.91 Å². The lowest BCUT2D eigenvalue weighted by atomic mass is 10.1. The van der Waals surface area contributed by atoms with Crippen molar-refractivity contribution in [1.82, 2.24) is 19.7 Å². The number of anilines is 1. The molecule has 1 unspecified atom stereocenters. The normalized spacial score (nSPS) is 15.1. The third kappa shape index (κ3) is 3.99. The van der Waals surface area contributed by atoms with E-state index in [0.29, 0.717) is 36.9 Å². The maximum atomic E-state index is 13.4. The maximum Gasteiger partial charge on any atom is 0.257 e. The molecule has 1 atom stereocenters. The summed E-state index contributed by atoms with van der Waals surface area (Å²) in [6, 6.07) is 9.33. The van der Waals surface area contributed by atoms with Crippen molar-refractivity contribution in [2.24, 2.45) is 0 Å². The molecule has 30 heavy (non-hydrogen) atoms. The molecule has 1 fully saturated rings. The third-order valence-electron chi connectivity index (χ3n) is 5.14. The lowest BCUT2D eigenvalue weighted by Crippen LogP contribution is -2.41. The molecule has 1 aliphatic heterocycles. The molecule has 156 valence electrons. The Labute approximate surface area is 178 Å². The van der Waals surface area contributed by atoms with Crippen LogP contribution in [0.3, 0.4) is 0 Å². The minimum absolute atomic E-state index is 0.0852. The molecule has 2 aromatic heterocycles. The van der Waals surface area contributed by atoms with Crippen LogP contribution in [0.4, 0.5) is 5.00 Å². The Morgan fingerprint density at radius 2 is 1.93 bits per heavy atom. The number of morpholine rings is 1. The number of rotatable bonds is 5. The van der Waals surface area contributed by atoms with Gasteiger partial charge in [0.2, 0.25) is 5.91 Å². The van der Waals surface area contributed by atoms with E-state index >= 15 is 0 Å². The first kappa shape index (κ1) is 20.2. The van der Waals surface area contributed by atoms with Crippen molar-refractivity contribution in [3.63, 3.8) is 0 Å². The quantitative estimate of drug-likeness (QED) is 0.679. The fraction of sp³-hybridized carbons (Fsp3) is 0.333. The van der Waals surface area contributed by atoms with Gasteiger partial charge in [0.1, 0.15) is 23.7 Å². The fourth-order valence-electron chi connectivity index (χ4n) is 3.40. The molecular weight excluding hydrogens is 402 g/mol. The number of nitrogens with zero attached hydrogens (tertiary/aromatic N) is 4. The number of carbonyl (C=O) groups excluding carboxylic acids is 2. The second kappa shape index (κ2) is 8.76. The summed E-state index contributed by atoms with van der Waals surface area (Å²) in [5.74, 6) is -0.338. The van der Waals surface area contributed by atoms with Crippen LogP contribution in [0.25, 0.3) is 10.4 Å². The number of amides is 2. The number of carbonyl (C=O) groups is 2. The predicted molar refractivity (Wildman–Crippen MR) is 115 cm³/mol. The molecule has 3 aromatic rings. The number of nitrogens with one attached hydrogen (secondary N) is 1. The smallest absolute Gasteiger partial charge is 0.257 e. The van der Waals surface area contributed by atoms with Gasteiger partial charge in [-0.15, -0.1) is 11.3 Å². The molecule has 9 heteroatoms. The van der Waals surface area contributed by atoms with Crippen LogP contribution in [-0.4, -0.2) is 57.8 Å². The van der Waals surface area contributed by atoms with Crippen LogP contribution in [0.1, 0.15) is 28.9 Å². The van der Waals surface area contributed by atoms with Gasteiger partial charge in [0.05, 0.1) is 18.8 Å². The second-order valence-corrected chi connectivity index (χ2v) is 8.09. The first-order valence-corrected chi connectivity index (χ1v) is 10.6. The zero-order valence-corrected chi connectivity index (χ0v) is 17.7. The van der Waals surface area contributed by atoms with Crippen LogP contribution in [0.15, 0.2) is 43.0 Å². The summed E-state index contributed by atoms with van der Waals surface area (Å²) in [5.41, 5.74) is 2.42. The van der Waals surface area contributed by atoms with E-state index in [1.165, 1.54) is 28.7 Å². The number of thiophene rings is 1. The van der Waals surface area contributed by atoms with Gasteiger partial charge in [0, 0.05) is 18.0 Å². The molecule has 2 amide bonds. The van der Waals surface area contributed by atoms with Gasteiger partial charge in [-0.1, -0.05) is 30.3 Å². The zero-order chi connectivity index (χ0) is 21.1. The van der Waals surface area contributed by atoms with E-state index in [1.807, 2.05) is 37.3 Å². The van der Waals surface area contributed by atoms with Crippen molar-refractivity contribution >= 4 is 28.2 Å². The average Bonchev–Trinajstić information content (AvgIpc) is 3.42. The molecule has 0 aliphatic carbocycles. The molecule has 1 aliphatic rings. The van der Waals surface area contributed by atoms with Crippen molar-refractivity contribution in [3.05, 3.63) is 54.1 Å². The SMILES string of the molecule is Cc1c(-c2ccccc2)sc(NC(=O)C(C)n2cncn2)c1C(=O)N1CCOCC1. The number of benzene rings is 1. The monoisotopic (exact) mass is 425 g/mol. The molecule has 0 radical (unpaired) electrons. The largest absolute Gasteiger partial charge is 0.378 e. The van der Waals surface area contributed by atoms with E-state index in [-0.39, 0.29) is 11.8 Å². The van der Waals surface area contributed by atoms with Crippen LogP contribution < -0.4 is 5.32 Å². The lowest BCUT2D eigenvalue weighted by Gasteiger charge is -2.27. The summed E-state index contributed by atoms with van der Waals surface area (Å²) in [6.07, 6.45) is 2.89. The van der Waals surface area contributed by atoms with Crippen molar-refractivity contribution < 1.29 is 14.3 Å². The number of hydrogen-bond donors (Lipinski definition) is 1. The van der Waals surface area contributed by atoms with E-state index in [2.05, 4.69) is 15.4 Å². The van der Waals surface area contributed by atoms with E-state index in [1.54, 1.807) is 11.8 Å². The highest BCUT2D eigenvalue weighted by molar-refractivity contribution is 7.20. The van der Waals surface area contributed by atoms with Crippen molar-refractivity contribution in [2.45, 2.75) is 19.9 Å². The predicted octanol–water partition coefficient (Wildman–Crippen LogP) is 2.99. The molecule has 1 N–H and O–H groups in total. The molecule has 1 saturated heterocycles. The van der Waals surface area contributed by atoms with Gasteiger partial charge in [-0.25, -0.2) is 9.67 Å².